The molecular weight excluding hydrogens is 234 g/mol. The number of amides is 1. The molecule has 3 nitrogen and oxygen atoms in total. The lowest BCUT2D eigenvalue weighted by Crippen LogP contribution is -2.74. The third-order valence-electron chi connectivity index (χ3n) is 4.09. The molecule has 1 fully saturated rings. The fourth-order valence-corrected chi connectivity index (χ4v) is 4.41. The number of nitrogens with one attached hydrogen (secondary N) is 1. The molecule has 0 unspecified atom stereocenters. The normalized spacial score (nSPS) is 41.3. The largest absolute Gasteiger partial charge is 0.390 e. The van der Waals surface area contributed by atoms with Crippen molar-refractivity contribution in [1.29, 1.82) is 0 Å². The predicted molar refractivity (Wildman–Crippen MR) is 68.5 cm³/mol. The molecule has 0 spiro atoms. The van der Waals surface area contributed by atoms with Gasteiger partial charge in [-0.05, 0) is 37.2 Å². The Kier molecular flexibility index (Phi) is 2.60. The zero-order chi connectivity index (χ0) is 12.0. The van der Waals surface area contributed by atoms with Crippen molar-refractivity contribution >= 4 is 17.7 Å². The first-order valence-electron chi connectivity index (χ1n) is 6.16. The molecule has 1 amide bonds. The van der Waals surface area contributed by atoms with E-state index in [2.05, 4.69) is 17.5 Å². The van der Waals surface area contributed by atoms with E-state index in [1.165, 1.54) is 11.8 Å². The SMILES string of the molecule is CC1=CS[C@@]2([C@@H](O)[C@@H]3C=CCCC3)C(=O)N[C@@H]12. The molecular formula is C13H17NO2S. The van der Waals surface area contributed by atoms with Gasteiger partial charge in [-0.2, -0.15) is 0 Å². The molecule has 1 aliphatic carbocycles. The molecule has 0 saturated carbocycles. The molecule has 0 aromatic carbocycles. The average molecular weight is 251 g/mol. The Morgan fingerprint density at radius 1 is 1.65 bits per heavy atom. The summed E-state index contributed by atoms with van der Waals surface area (Å²) in [6.45, 7) is 2.02. The number of carbonyl (C=O) groups excluding carboxylic acids is 1. The van der Waals surface area contributed by atoms with Crippen molar-refractivity contribution in [1.82, 2.24) is 5.32 Å². The minimum absolute atomic E-state index is 0.00734. The van der Waals surface area contributed by atoms with Crippen LogP contribution in [0.4, 0.5) is 0 Å². The van der Waals surface area contributed by atoms with Crippen molar-refractivity contribution in [3.05, 3.63) is 23.1 Å². The van der Waals surface area contributed by atoms with Gasteiger partial charge in [0.25, 0.3) is 0 Å². The van der Waals surface area contributed by atoms with Gasteiger partial charge in [-0.25, -0.2) is 0 Å². The van der Waals surface area contributed by atoms with E-state index < -0.39 is 10.9 Å². The van der Waals surface area contributed by atoms with E-state index in [4.69, 9.17) is 0 Å². The molecule has 0 aromatic heterocycles. The van der Waals surface area contributed by atoms with E-state index in [0.29, 0.717) is 0 Å². The molecule has 92 valence electrons. The average Bonchev–Trinajstić information content (AvgIpc) is 2.62. The number of hydrogen-bond donors (Lipinski definition) is 2. The molecule has 3 aliphatic rings. The van der Waals surface area contributed by atoms with Gasteiger partial charge >= 0.3 is 0 Å². The Hall–Kier alpha value is -0.740. The van der Waals surface area contributed by atoms with Gasteiger partial charge in [-0.1, -0.05) is 12.2 Å². The van der Waals surface area contributed by atoms with E-state index in [-0.39, 0.29) is 17.9 Å². The molecule has 0 radical (unpaired) electrons. The maximum absolute atomic E-state index is 11.9. The van der Waals surface area contributed by atoms with Crippen LogP contribution >= 0.6 is 11.8 Å². The summed E-state index contributed by atoms with van der Waals surface area (Å²) in [7, 11) is 0. The smallest absolute Gasteiger partial charge is 0.242 e. The van der Waals surface area contributed by atoms with Crippen LogP contribution in [0.2, 0.25) is 0 Å². The fourth-order valence-electron chi connectivity index (χ4n) is 3.03. The summed E-state index contributed by atoms with van der Waals surface area (Å²) < 4.78 is -0.642. The van der Waals surface area contributed by atoms with Crippen LogP contribution in [0.25, 0.3) is 0 Å². The first-order valence-corrected chi connectivity index (χ1v) is 7.04. The van der Waals surface area contributed by atoms with Crippen LogP contribution in [0.1, 0.15) is 26.2 Å². The first-order chi connectivity index (χ1) is 8.16. The summed E-state index contributed by atoms with van der Waals surface area (Å²) in [5.41, 5.74) is 1.16. The summed E-state index contributed by atoms with van der Waals surface area (Å²) in [6.07, 6.45) is 6.82. The Morgan fingerprint density at radius 3 is 3.06 bits per heavy atom. The van der Waals surface area contributed by atoms with Crippen LogP contribution < -0.4 is 5.32 Å². The number of rotatable bonds is 2. The highest BCUT2D eigenvalue weighted by Gasteiger charge is 2.64. The van der Waals surface area contributed by atoms with Crippen LogP contribution in [0.15, 0.2) is 23.1 Å². The van der Waals surface area contributed by atoms with E-state index in [1.54, 1.807) is 0 Å². The molecule has 3 rings (SSSR count). The molecule has 1 saturated heterocycles. The first kappa shape index (κ1) is 11.4. The molecule has 2 heterocycles. The van der Waals surface area contributed by atoms with Gasteiger partial charge < -0.3 is 10.4 Å². The highest BCUT2D eigenvalue weighted by atomic mass is 32.2. The van der Waals surface area contributed by atoms with E-state index in [0.717, 1.165) is 24.8 Å². The molecule has 17 heavy (non-hydrogen) atoms. The third kappa shape index (κ3) is 1.43. The Balaban J connectivity index is 1.85. The number of allylic oxidation sites excluding steroid dienone is 1. The second kappa shape index (κ2) is 3.89. The van der Waals surface area contributed by atoms with E-state index >= 15 is 0 Å². The lowest BCUT2D eigenvalue weighted by Gasteiger charge is -2.49. The minimum atomic E-state index is -0.642. The standard InChI is InChI=1S/C13H17NO2S/c1-8-7-17-13(10(8)14-12(13)16)11(15)9-5-3-2-4-6-9/h3,5,7,9-11,15H,2,4,6H2,1H3,(H,14,16)/t9-,10+,11+,13+/m1/s1. The van der Waals surface area contributed by atoms with Gasteiger partial charge in [-0.15, -0.1) is 11.8 Å². The Bertz CT molecular complexity index is 418. The molecule has 4 heteroatoms. The van der Waals surface area contributed by atoms with Crippen molar-refractivity contribution in [2.45, 2.75) is 43.1 Å². The second-order valence-corrected chi connectivity index (χ2v) is 6.29. The predicted octanol–water partition coefficient (Wildman–Crippen LogP) is 1.59. The minimum Gasteiger partial charge on any atom is -0.390 e. The van der Waals surface area contributed by atoms with Crippen molar-refractivity contribution in [3.8, 4) is 0 Å². The van der Waals surface area contributed by atoms with Crippen molar-refractivity contribution in [3.63, 3.8) is 0 Å². The number of β-lactam (4-membered cyclic amide) rings is 1. The molecule has 4 atom stereocenters. The number of aliphatic hydroxyl groups is 1. The zero-order valence-corrected chi connectivity index (χ0v) is 10.7. The third-order valence-corrected chi connectivity index (χ3v) is 5.63. The van der Waals surface area contributed by atoms with Crippen LogP contribution in [0.5, 0.6) is 0 Å². The fraction of sp³-hybridized carbons (Fsp3) is 0.615. The van der Waals surface area contributed by atoms with Crippen molar-refractivity contribution in [2.24, 2.45) is 5.92 Å². The molecule has 2 aliphatic heterocycles. The van der Waals surface area contributed by atoms with Crippen molar-refractivity contribution in [2.75, 3.05) is 0 Å². The summed E-state index contributed by atoms with van der Waals surface area (Å²) in [5, 5.41) is 15.5. The lowest BCUT2D eigenvalue weighted by atomic mass is 9.74. The number of carbonyl (C=O) groups is 1. The van der Waals surface area contributed by atoms with Gasteiger partial charge in [0.2, 0.25) is 5.91 Å². The number of hydrogen-bond acceptors (Lipinski definition) is 3. The summed E-state index contributed by atoms with van der Waals surface area (Å²) in [4.78, 5) is 11.9. The van der Waals surface area contributed by atoms with Crippen molar-refractivity contribution < 1.29 is 9.90 Å². The van der Waals surface area contributed by atoms with Gasteiger partial charge in [-0.3, -0.25) is 4.79 Å². The maximum Gasteiger partial charge on any atom is 0.242 e. The molecule has 2 N–H and O–H groups in total. The zero-order valence-electron chi connectivity index (χ0n) is 9.85. The summed E-state index contributed by atoms with van der Waals surface area (Å²) >= 11 is 1.50. The van der Waals surface area contributed by atoms with Crippen LogP contribution in [0, 0.1) is 5.92 Å². The monoisotopic (exact) mass is 251 g/mol. The highest BCUT2D eigenvalue weighted by Crippen LogP contribution is 2.51. The van der Waals surface area contributed by atoms with Crippen LogP contribution in [0.3, 0.4) is 0 Å². The maximum atomic E-state index is 11.9. The quantitative estimate of drug-likeness (QED) is 0.579. The van der Waals surface area contributed by atoms with E-state index in [9.17, 15) is 9.90 Å². The second-order valence-electron chi connectivity index (χ2n) is 5.15. The van der Waals surface area contributed by atoms with Gasteiger partial charge in [0.1, 0.15) is 4.75 Å². The van der Waals surface area contributed by atoms with E-state index in [1.807, 2.05) is 12.3 Å². The lowest BCUT2D eigenvalue weighted by molar-refractivity contribution is -0.137. The Labute approximate surface area is 105 Å². The van der Waals surface area contributed by atoms with Gasteiger partial charge in [0.15, 0.2) is 0 Å². The van der Waals surface area contributed by atoms with Gasteiger partial charge in [0, 0.05) is 5.92 Å². The molecule has 0 aromatic rings. The van der Waals surface area contributed by atoms with Crippen LogP contribution in [-0.4, -0.2) is 27.9 Å². The summed E-state index contributed by atoms with van der Waals surface area (Å²) in [6, 6.07) is 0.0327. The van der Waals surface area contributed by atoms with Crippen LogP contribution in [-0.2, 0) is 4.79 Å². The number of aliphatic hydroxyl groups excluding tert-OH is 1. The number of fused-ring (bicyclic) bond motifs is 1. The van der Waals surface area contributed by atoms with Gasteiger partial charge in [0.05, 0.1) is 12.1 Å². The topological polar surface area (TPSA) is 49.3 Å². The number of thioether (sulfide) groups is 1. The Morgan fingerprint density at radius 2 is 2.47 bits per heavy atom. The molecule has 0 bridgehead atoms. The summed E-state index contributed by atoms with van der Waals surface area (Å²) in [5.74, 6) is 0.121. The highest BCUT2D eigenvalue weighted by molar-refractivity contribution is 8.04.